The highest BCUT2D eigenvalue weighted by atomic mass is 16.5. The van der Waals surface area contributed by atoms with E-state index in [1.807, 2.05) is 62.3 Å². The Morgan fingerprint density at radius 3 is 2.32 bits per heavy atom. The number of likely N-dealkylation sites (tertiary alicyclic amines) is 1. The van der Waals surface area contributed by atoms with Gasteiger partial charge >= 0.3 is 0 Å². The first-order valence-electron chi connectivity index (χ1n) is 10.1. The highest BCUT2D eigenvalue weighted by Crippen LogP contribution is 2.40. The number of anilines is 1. The van der Waals surface area contributed by atoms with Gasteiger partial charge in [-0.25, -0.2) is 0 Å². The zero-order chi connectivity index (χ0) is 22.7. The summed E-state index contributed by atoms with van der Waals surface area (Å²) in [4.78, 5) is 31.4. The first-order valence-corrected chi connectivity index (χ1v) is 10.1. The molecule has 0 spiro atoms. The van der Waals surface area contributed by atoms with E-state index in [4.69, 9.17) is 4.74 Å². The smallest absolute Gasteiger partial charge is 0.295 e. The summed E-state index contributed by atoms with van der Waals surface area (Å²) in [5.74, 6) is -0.933. The molecule has 2 aromatic carbocycles. The Morgan fingerprint density at radius 1 is 1.06 bits per heavy atom. The van der Waals surface area contributed by atoms with Gasteiger partial charge < -0.3 is 24.5 Å². The van der Waals surface area contributed by atoms with Crippen LogP contribution in [0, 0.1) is 0 Å². The second-order valence-corrected chi connectivity index (χ2v) is 8.01. The normalized spacial score (nSPS) is 18.0. The van der Waals surface area contributed by atoms with Crippen molar-refractivity contribution in [1.29, 1.82) is 0 Å². The van der Waals surface area contributed by atoms with Crippen LogP contribution in [0.3, 0.4) is 0 Å². The quantitative estimate of drug-likeness (QED) is 0.419. The number of aliphatic hydroxyl groups is 1. The van der Waals surface area contributed by atoms with Gasteiger partial charge in [0, 0.05) is 38.4 Å². The van der Waals surface area contributed by atoms with E-state index in [9.17, 15) is 14.7 Å². The Labute approximate surface area is 183 Å². The van der Waals surface area contributed by atoms with Crippen molar-refractivity contribution in [2.45, 2.75) is 6.04 Å². The van der Waals surface area contributed by atoms with Crippen LogP contribution >= 0.6 is 0 Å². The minimum absolute atomic E-state index is 0.0922. The average Bonchev–Trinajstić information content (AvgIpc) is 3.01. The highest BCUT2D eigenvalue weighted by Gasteiger charge is 2.45. The number of aliphatic hydroxyl groups excluding tert-OH is 1. The number of hydrogen-bond donors (Lipinski definition) is 1. The van der Waals surface area contributed by atoms with Crippen molar-refractivity contribution in [2.75, 3.05) is 53.3 Å². The Bertz CT molecular complexity index is 996. The lowest BCUT2D eigenvalue weighted by atomic mass is 9.95. The molecule has 0 radical (unpaired) electrons. The number of Topliss-reactive ketones (excluding diaryl/α,β-unsaturated/α-hetero) is 1. The van der Waals surface area contributed by atoms with E-state index in [-0.39, 0.29) is 11.3 Å². The van der Waals surface area contributed by atoms with E-state index < -0.39 is 17.7 Å². The number of nitrogens with zero attached hydrogens (tertiary/aromatic N) is 3. The zero-order valence-electron chi connectivity index (χ0n) is 18.6. The highest BCUT2D eigenvalue weighted by molar-refractivity contribution is 6.46. The topological polar surface area (TPSA) is 73.3 Å². The van der Waals surface area contributed by atoms with E-state index in [0.717, 1.165) is 11.3 Å². The molecule has 1 aliphatic rings. The second-order valence-electron chi connectivity index (χ2n) is 8.01. The Balaban J connectivity index is 2.13. The van der Waals surface area contributed by atoms with Gasteiger partial charge in [0.1, 0.15) is 11.5 Å². The van der Waals surface area contributed by atoms with Crippen LogP contribution in [-0.2, 0) is 9.59 Å². The number of hydrogen-bond acceptors (Lipinski definition) is 6. The number of amides is 1. The molecule has 1 aliphatic heterocycles. The van der Waals surface area contributed by atoms with Crippen LogP contribution in [0.1, 0.15) is 17.2 Å². The Morgan fingerprint density at radius 2 is 1.74 bits per heavy atom. The third kappa shape index (κ3) is 4.56. The van der Waals surface area contributed by atoms with Gasteiger partial charge in [-0.05, 0) is 43.9 Å². The number of ether oxygens (including phenoxy) is 1. The minimum Gasteiger partial charge on any atom is -0.507 e. The maximum Gasteiger partial charge on any atom is 0.295 e. The molecule has 2 aromatic rings. The van der Waals surface area contributed by atoms with E-state index in [1.54, 1.807) is 29.2 Å². The number of rotatable bonds is 7. The van der Waals surface area contributed by atoms with E-state index in [2.05, 4.69) is 0 Å². The summed E-state index contributed by atoms with van der Waals surface area (Å²) in [7, 11) is 9.25. The van der Waals surface area contributed by atoms with E-state index in [0.29, 0.717) is 24.4 Å². The third-order valence-electron chi connectivity index (χ3n) is 5.40. The number of carbonyl (C=O) groups is 2. The fourth-order valence-electron chi connectivity index (χ4n) is 3.65. The summed E-state index contributed by atoms with van der Waals surface area (Å²) < 4.78 is 5.24. The van der Waals surface area contributed by atoms with Crippen molar-refractivity contribution >= 4 is 23.1 Å². The molecule has 164 valence electrons. The summed E-state index contributed by atoms with van der Waals surface area (Å²) in [5.41, 5.74) is 2.30. The molecule has 1 amide bonds. The van der Waals surface area contributed by atoms with Crippen LogP contribution in [-0.4, -0.2) is 75.0 Å². The molecule has 7 nitrogen and oxygen atoms in total. The van der Waals surface area contributed by atoms with E-state index >= 15 is 0 Å². The maximum atomic E-state index is 13.0. The molecule has 31 heavy (non-hydrogen) atoms. The first kappa shape index (κ1) is 22.4. The number of carbonyl (C=O) groups excluding carboxylic acids is 2. The van der Waals surface area contributed by atoms with Crippen LogP contribution in [0.25, 0.3) is 5.76 Å². The van der Waals surface area contributed by atoms with Crippen LogP contribution < -0.4 is 9.64 Å². The molecule has 1 heterocycles. The second kappa shape index (κ2) is 9.22. The average molecular weight is 424 g/mol. The fraction of sp³-hybridized carbons (Fsp3) is 0.333. The molecule has 0 aliphatic carbocycles. The summed E-state index contributed by atoms with van der Waals surface area (Å²) in [6, 6.07) is 13.8. The lowest BCUT2D eigenvalue weighted by Crippen LogP contribution is -2.35. The molecule has 0 aromatic heterocycles. The molecule has 1 fully saturated rings. The standard InChI is InChI=1S/C24H29N3O4/c1-25(2)13-14-27-21(16-9-11-18(12-10-16)26(3)4)20(23(29)24(27)30)22(28)17-7-6-8-19(15-17)31-5/h6-12,15,21,28H,13-14H2,1-5H3/b22-20-. The van der Waals surface area contributed by atoms with Gasteiger partial charge in [0.05, 0.1) is 18.7 Å². The van der Waals surface area contributed by atoms with Gasteiger partial charge in [-0.1, -0.05) is 24.3 Å². The van der Waals surface area contributed by atoms with Gasteiger partial charge in [-0.3, -0.25) is 9.59 Å². The lowest BCUT2D eigenvalue weighted by Gasteiger charge is -2.27. The van der Waals surface area contributed by atoms with Gasteiger partial charge in [-0.2, -0.15) is 0 Å². The van der Waals surface area contributed by atoms with Gasteiger partial charge in [0.15, 0.2) is 0 Å². The molecule has 1 N–H and O–H groups in total. The van der Waals surface area contributed by atoms with Crippen molar-refractivity contribution in [3.05, 3.63) is 65.2 Å². The van der Waals surface area contributed by atoms with Crippen LogP contribution in [0.15, 0.2) is 54.1 Å². The summed E-state index contributed by atoms with van der Waals surface area (Å²) in [6.45, 7) is 0.963. The van der Waals surface area contributed by atoms with Crippen molar-refractivity contribution in [3.63, 3.8) is 0 Å². The lowest BCUT2D eigenvalue weighted by molar-refractivity contribution is -0.140. The SMILES string of the molecule is COc1cccc(/C(O)=C2/C(=O)C(=O)N(CCN(C)C)C2c2ccc(N(C)C)cc2)c1. The molecule has 1 unspecified atom stereocenters. The van der Waals surface area contributed by atoms with Crippen LogP contribution in [0.4, 0.5) is 5.69 Å². The minimum atomic E-state index is -0.680. The molecule has 0 saturated carbocycles. The molecule has 1 saturated heterocycles. The van der Waals surface area contributed by atoms with Crippen molar-refractivity contribution in [2.24, 2.45) is 0 Å². The molecule has 7 heteroatoms. The molecular weight excluding hydrogens is 394 g/mol. The molecule has 3 rings (SSSR count). The fourth-order valence-corrected chi connectivity index (χ4v) is 3.65. The number of benzene rings is 2. The molecule has 1 atom stereocenters. The number of likely N-dealkylation sites (N-methyl/N-ethyl adjacent to an activating group) is 1. The van der Waals surface area contributed by atoms with Crippen LogP contribution in [0.5, 0.6) is 5.75 Å². The van der Waals surface area contributed by atoms with Crippen molar-refractivity contribution in [1.82, 2.24) is 9.80 Å². The number of ketones is 1. The Hall–Kier alpha value is -3.32. The summed E-state index contributed by atoms with van der Waals surface area (Å²) >= 11 is 0. The van der Waals surface area contributed by atoms with Gasteiger partial charge in [0.25, 0.3) is 11.7 Å². The van der Waals surface area contributed by atoms with E-state index in [1.165, 1.54) is 7.11 Å². The van der Waals surface area contributed by atoms with Gasteiger partial charge in [-0.15, -0.1) is 0 Å². The molecule has 0 bridgehead atoms. The summed E-state index contributed by atoms with van der Waals surface area (Å²) in [5, 5.41) is 11.1. The predicted molar refractivity (Wildman–Crippen MR) is 121 cm³/mol. The predicted octanol–water partition coefficient (Wildman–Crippen LogP) is 2.74. The molecular formula is C24H29N3O4. The zero-order valence-corrected chi connectivity index (χ0v) is 18.6. The van der Waals surface area contributed by atoms with Crippen molar-refractivity contribution < 1.29 is 19.4 Å². The first-order chi connectivity index (χ1) is 14.7. The third-order valence-corrected chi connectivity index (χ3v) is 5.40. The monoisotopic (exact) mass is 423 g/mol. The largest absolute Gasteiger partial charge is 0.507 e. The van der Waals surface area contributed by atoms with Gasteiger partial charge in [0.2, 0.25) is 0 Å². The van der Waals surface area contributed by atoms with Crippen molar-refractivity contribution in [3.8, 4) is 5.75 Å². The number of methoxy groups -OCH3 is 1. The Kier molecular flexibility index (Phi) is 6.65. The summed E-state index contributed by atoms with van der Waals surface area (Å²) in [6.07, 6.45) is 0. The van der Waals surface area contributed by atoms with Crippen LogP contribution in [0.2, 0.25) is 0 Å². The maximum absolute atomic E-state index is 13.0.